The van der Waals surface area contributed by atoms with Gasteiger partial charge in [-0.15, -0.1) is 0 Å². The first-order chi connectivity index (χ1) is 15.7. The van der Waals surface area contributed by atoms with Gasteiger partial charge in [0, 0.05) is 22.2 Å². The quantitative estimate of drug-likeness (QED) is 0.454. The molecule has 0 unspecified atom stereocenters. The Morgan fingerprint density at radius 2 is 1.72 bits per heavy atom. The molecule has 0 radical (unpaired) electrons. The molecule has 32 heavy (non-hydrogen) atoms. The molecule has 1 aromatic carbocycles. The van der Waals surface area contributed by atoms with E-state index in [0.717, 1.165) is 46.7 Å². The Labute approximate surface area is 183 Å². The average molecular weight is 426 g/mol. The summed E-state index contributed by atoms with van der Waals surface area (Å²) in [5, 5.41) is 14.8. The van der Waals surface area contributed by atoms with Crippen LogP contribution in [-0.2, 0) is 13.0 Å². The summed E-state index contributed by atoms with van der Waals surface area (Å²) >= 11 is 0. The molecule has 8 heteroatoms. The van der Waals surface area contributed by atoms with Crippen LogP contribution in [0, 0.1) is 5.82 Å². The molecule has 5 aromatic rings. The Kier molecular flexibility index (Phi) is 5.12. The van der Waals surface area contributed by atoms with Gasteiger partial charge in [0.15, 0.2) is 17.5 Å². The van der Waals surface area contributed by atoms with Crippen LogP contribution in [0.1, 0.15) is 18.3 Å². The molecule has 4 heterocycles. The van der Waals surface area contributed by atoms with E-state index in [1.54, 1.807) is 16.9 Å². The number of aryl methyl sites for hydroxylation is 1. The van der Waals surface area contributed by atoms with E-state index < -0.39 is 5.82 Å². The van der Waals surface area contributed by atoms with Crippen LogP contribution in [0.5, 0.6) is 0 Å². The predicted molar refractivity (Wildman–Crippen MR) is 118 cm³/mol. The third kappa shape index (κ3) is 3.61. The highest BCUT2D eigenvalue weighted by Gasteiger charge is 2.16. The summed E-state index contributed by atoms with van der Waals surface area (Å²) in [5.41, 5.74) is 4.67. The number of nitrogens with zero attached hydrogens (tertiary/aromatic N) is 6. The van der Waals surface area contributed by atoms with Crippen molar-refractivity contribution in [3.63, 3.8) is 0 Å². The van der Waals surface area contributed by atoms with E-state index in [4.69, 9.17) is 4.98 Å². The van der Waals surface area contributed by atoms with E-state index in [-0.39, 0.29) is 6.61 Å². The number of rotatable bonds is 5. The average Bonchev–Trinajstić information content (AvgIpc) is 3.28. The molecule has 5 rings (SSSR count). The Morgan fingerprint density at radius 3 is 2.50 bits per heavy atom. The third-order valence-corrected chi connectivity index (χ3v) is 5.19. The van der Waals surface area contributed by atoms with Crippen molar-refractivity contribution in [2.45, 2.75) is 20.0 Å². The van der Waals surface area contributed by atoms with Crippen molar-refractivity contribution in [1.82, 2.24) is 29.7 Å². The maximum atomic E-state index is 13.5. The van der Waals surface area contributed by atoms with Gasteiger partial charge in [0.1, 0.15) is 0 Å². The van der Waals surface area contributed by atoms with Crippen LogP contribution >= 0.6 is 0 Å². The molecular formula is C24H19FN6O. The largest absolute Gasteiger partial charge is 0.390 e. The van der Waals surface area contributed by atoms with Crippen LogP contribution in [-0.4, -0.2) is 34.8 Å². The van der Waals surface area contributed by atoms with Crippen molar-refractivity contribution in [2.75, 3.05) is 0 Å². The number of halogens is 1. The summed E-state index contributed by atoms with van der Waals surface area (Å²) in [6, 6.07) is 15.2. The lowest BCUT2D eigenvalue weighted by atomic mass is 10.0. The number of hydrogen-bond donors (Lipinski definition) is 1. The second-order valence-electron chi connectivity index (χ2n) is 7.25. The van der Waals surface area contributed by atoms with Crippen LogP contribution in [0.15, 0.2) is 67.1 Å². The molecule has 0 amide bonds. The van der Waals surface area contributed by atoms with E-state index in [9.17, 15) is 9.50 Å². The first-order valence-corrected chi connectivity index (χ1v) is 10.2. The van der Waals surface area contributed by atoms with Crippen molar-refractivity contribution in [1.29, 1.82) is 0 Å². The molecule has 0 bridgehead atoms. The van der Waals surface area contributed by atoms with E-state index in [0.29, 0.717) is 22.9 Å². The number of fused-ring (bicyclic) bond motifs is 1. The highest BCUT2D eigenvalue weighted by molar-refractivity contribution is 5.97. The predicted octanol–water partition coefficient (Wildman–Crippen LogP) is 4.13. The summed E-state index contributed by atoms with van der Waals surface area (Å²) in [6.07, 6.45) is 4.82. The molecule has 0 aliphatic carbocycles. The van der Waals surface area contributed by atoms with Crippen molar-refractivity contribution >= 4 is 10.9 Å². The van der Waals surface area contributed by atoms with Gasteiger partial charge in [-0.05, 0) is 42.8 Å². The third-order valence-electron chi connectivity index (χ3n) is 5.19. The fraction of sp³-hybridized carbons (Fsp3) is 0.125. The Balaban J connectivity index is 1.78. The van der Waals surface area contributed by atoms with Crippen molar-refractivity contribution in [3.8, 4) is 28.5 Å². The molecule has 0 aliphatic heterocycles. The summed E-state index contributed by atoms with van der Waals surface area (Å²) in [7, 11) is 0. The summed E-state index contributed by atoms with van der Waals surface area (Å²) in [5.74, 6) is 0.464. The van der Waals surface area contributed by atoms with Gasteiger partial charge in [0.25, 0.3) is 0 Å². The van der Waals surface area contributed by atoms with Crippen molar-refractivity contribution in [3.05, 3.63) is 84.3 Å². The minimum absolute atomic E-state index is 0.166. The standard InChI is InChI=1S/C24H19FN6O/c1-2-17-5-3-7-21(29-17)15-9-19(24-26-11-16(25)12-27-24)20-13-28-31(22(20)10-15)23-8-4-6-18(14-32)30-23/h3-13,32H,2,14H2,1H3. The summed E-state index contributed by atoms with van der Waals surface area (Å²) in [4.78, 5) is 17.6. The molecule has 1 N–H and O–H groups in total. The molecule has 4 aromatic heterocycles. The molecule has 0 fully saturated rings. The molecule has 0 atom stereocenters. The van der Waals surface area contributed by atoms with Gasteiger partial charge >= 0.3 is 0 Å². The van der Waals surface area contributed by atoms with Gasteiger partial charge in [0.05, 0.1) is 42.1 Å². The molecule has 7 nitrogen and oxygen atoms in total. The smallest absolute Gasteiger partial charge is 0.160 e. The lowest BCUT2D eigenvalue weighted by molar-refractivity contribution is 0.276. The highest BCUT2D eigenvalue weighted by Crippen LogP contribution is 2.33. The Morgan fingerprint density at radius 1 is 0.938 bits per heavy atom. The van der Waals surface area contributed by atoms with E-state index in [1.807, 2.05) is 42.5 Å². The maximum absolute atomic E-state index is 13.5. The van der Waals surface area contributed by atoms with E-state index >= 15 is 0 Å². The summed E-state index contributed by atoms with van der Waals surface area (Å²) in [6.45, 7) is 1.89. The fourth-order valence-corrected chi connectivity index (χ4v) is 3.60. The van der Waals surface area contributed by atoms with Gasteiger partial charge < -0.3 is 5.11 Å². The van der Waals surface area contributed by atoms with Crippen LogP contribution in [0.25, 0.3) is 39.4 Å². The minimum atomic E-state index is -0.501. The molecule has 0 saturated carbocycles. The first kappa shape index (κ1) is 19.9. The zero-order chi connectivity index (χ0) is 22.1. The zero-order valence-electron chi connectivity index (χ0n) is 17.3. The van der Waals surface area contributed by atoms with Crippen molar-refractivity contribution < 1.29 is 9.50 Å². The molecule has 158 valence electrons. The number of hydrogen-bond acceptors (Lipinski definition) is 6. The molecule has 0 spiro atoms. The van der Waals surface area contributed by atoms with Crippen LogP contribution in [0.2, 0.25) is 0 Å². The second kappa shape index (κ2) is 8.24. The topological polar surface area (TPSA) is 89.6 Å². The van der Waals surface area contributed by atoms with Crippen molar-refractivity contribution in [2.24, 2.45) is 0 Å². The Hall–Kier alpha value is -4.04. The number of benzene rings is 1. The normalized spacial score (nSPS) is 11.2. The van der Waals surface area contributed by atoms with Gasteiger partial charge in [-0.3, -0.25) is 4.98 Å². The molecular weight excluding hydrogens is 407 g/mol. The number of aliphatic hydroxyl groups excluding tert-OH is 1. The fourth-order valence-electron chi connectivity index (χ4n) is 3.60. The number of aliphatic hydroxyl groups is 1. The zero-order valence-corrected chi connectivity index (χ0v) is 17.3. The lowest BCUT2D eigenvalue weighted by Crippen LogP contribution is -2.02. The first-order valence-electron chi connectivity index (χ1n) is 10.2. The molecule has 0 saturated heterocycles. The number of pyridine rings is 2. The second-order valence-corrected chi connectivity index (χ2v) is 7.25. The molecule has 0 aliphatic rings. The van der Waals surface area contributed by atoms with Crippen LogP contribution in [0.3, 0.4) is 0 Å². The van der Waals surface area contributed by atoms with Gasteiger partial charge in [-0.2, -0.15) is 5.10 Å². The SMILES string of the molecule is CCc1cccc(-c2cc(-c3ncc(F)cn3)c3cnn(-c4cccc(CO)n4)c3c2)n1. The van der Waals surface area contributed by atoms with Gasteiger partial charge in [0.2, 0.25) is 0 Å². The van der Waals surface area contributed by atoms with Gasteiger partial charge in [-0.25, -0.2) is 24.0 Å². The number of aromatic nitrogens is 6. The monoisotopic (exact) mass is 426 g/mol. The maximum Gasteiger partial charge on any atom is 0.160 e. The van der Waals surface area contributed by atoms with Crippen LogP contribution in [0.4, 0.5) is 4.39 Å². The highest BCUT2D eigenvalue weighted by atomic mass is 19.1. The van der Waals surface area contributed by atoms with E-state index in [2.05, 4.69) is 27.0 Å². The van der Waals surface area contributed by atoms with E-state index in [1.165, 1.54) is 0 Å². The van der Waals surface area contributed by atoms with Gasteiger partial charge in [-0.1, -0.05) is 19.1 Å². The minimum Gasteiger partial charge on any atom is -0.390 e. The lowest BCUT2D eigenvalue weighted by Gasteiger charge is -2.10. The summed E-state index contributed by atoms with van der Waals surface area (Å²) < 4.78 is 15.2. The Bertz CT molecular complexity index is 1410. The van der Waals surface area contributed by atoms with Crippen LogP contribution < -0.4 is 0 Å².